The van der Waals surface area contributed by atoms with Crippen molar-refractivity contribution in [3.05, 3.63) is 0 Å². The first-order valence-electron chi connectivity index (χ1n) is 8.34. The maximum absolute atomic E-state index is 9.75. The predicted octanol–water partition coefficient (Wildman–Crippen LogP) is 2.00. The molecule has 19 heavy (non-hydrogen) atoms. The van der Waals surface area contributed by atoms with Gasteiger partial charge in [-0.15, -0.1) is 0 Å². The molecule has 3 nitrogen and oxygen atoms in total. The first kappa shape index (κ1) is 13.8. The van der Waals surface area contributed by atoms with Gasteiger partial charge in [0.1, 0.15) is 0 Å². The highest BCUT2D eigenvalue weighted by atomic mass is 16.3. The third-order valence-electron chi connectivity index (χ3n) is 5.33. The zero-order valence-electron chi connectivity index (χ0n) is 12.4. The Kier molecular flexibility index (Phi) is 4.16. The average molecular weight is 266 g/mol. The first-order valence-corrected chi connectivity index (χ1v) is 8.34. The summed E-state index contributed by atoms with van der Waals surface area (Å²) >= 11 is 0. The number of nitrogens with zero attached hydrogens (tertiary/aromatic N) is 1. The molecule has 3 rings (SSSR count). The molecule has 0 bridgehead atoms. The van der Waals surface area contributed by atoms with Crippen LogP contribution < -0.4 is 5.32 Å². The van der Waals surface area contributed by atoms with E-state index in [0.29, 0.717) is 12.6 Å². The Labute approximate surface area is 117 Å². The minimum Gasteiger partial charge on any atom is -0.394 e. The van der Waals surface area contributed by atoms with Crippen molar-refractivity contribution in [2.24, 2.45) is 11.8 Å². The number of hydrogen-bond acceptors (Lipinski definition) is 3. The molecule has 0 amide bonds. The summed E-state index contributed by atoms with van der Waals surface area (Å²) in [6.07, 6.45) is 9.37. The summed E-state index contributed by atoms with van der Waals surface area (Å²) in [5.41, 5.74) is 0.0186. The Morgan fingerprint density at radius 3 is 2.21 bits per heavy atom. The molecular weight excluding hydrogens is 236 g/mol. The van der Waals surface area contributed by atoms with Crippen LogP contribution in [0.15, 0.2) is 0 Å². The van der Waals surface area contributed by atoms with Gasteiger partial charge in [0.05, 0.1) is 6.61 Å². The normalized spacial score (nSPS) is 35.2. The molecule has 0 radical (unpaired) electrons. The van der Waals surface area contributed by atoms with Crippen molar-refractivity contribution in [1.82, 2.24) is 10.2 Å². The Morgan fingerprint density at radius 2 is 1.74 bits per heavy atom. The maximum atomic E-state index is 9.75. The van der Waals surface area contributed by atoms with E-state index in [-0.39, 0.29) is 5.54 Å². The van der Waals surface area contributed by atoms with Gasteiger partial charge in [0.25, 0.3) is 0 Å². The van der Waals surface area contributed by atoms with E-state index in [1.165, 1.54) is 45.2 Å². The van der Waals surface area contributed by atoms with Crippen molar-refractivity contribution >= 4 is 0 Å². The molecule has 3 saturated carbocycles. The Balaban J connectivity index is 1.58. The smallest absolute Gasteiger partial charge is 0.0613 e. The maximum Gasteiger partial charge on any atom is 0.0613 e. The Hall–Kier alpha value is -0.120. The number of likely N-dealkylation sites (N-methyl/N-ethyl adjacent to an activating group) is 1. The van der Waals surface area contributed by atoms with Crippen LogP contribution in [0.2, 0.25) is 0 Å². The SMILES string of the molecule is CCNC1(CO)CCC(N(CC2CC2)CC2CC2)C1. The third-order valence-corrected chi connectivity index (χ3v) is 5.33. The monoisotopic (exact) mass is 266 g/mol. The summed E-state index contributed by atoms with van der Waals surface area (Å²) in [6, 6.07) is 0.715. The van der Waals surface area contributed by atoms with Gasteiger partial charge in [-0.05, 0) is 63.3 Å². The molecule has 110 valence electrons. The molecule has 3 fully saturated rings. The van der Waals surface area contributed by atoms with Gasteiger partial charge in [0, 0.05) is 24.7 Å². The molecule has 2 unspecified atom stereocenters. The van der Waals surface area contributed by atoms with E-state index in [0.717, 1.165) is 31.2 Å². The summed E-state index contributed by atoms with van der Waals surface area (Å²) in [7, 11) is 0. The van der Waals surface area contributed by atoms with Gasteiger partial charge in [-0.1, -0.05) is 6.92 Å². The Morgan fingerprint density at radius 1 is 1.11 bits per heavy atom. The van der Waals surface area contributed by atoms with Crippen LogP contribution in [0.1, 0.15) is 51.9 Å². The average Bonchev–Trinajstić information content (AvgIpc) is 3.33. The first-order chi connectivity index (χ1) is 9.24. The van der Waals surface area contributed by atoms with Gasteiger partial charge in [-0.25, -0.2) is 0 Å². The van der Waals surface area contributed by atoms with Crippen molar-refractivity contribution in [1.29, 1.82) is 0 Å². The molecule has 0 saturated heterocycles. The topological polar surface area (TPSA) is 35.5 Å². The van der Waals surface area contributed by atoms with Gasteiger partial charge >= 0.3 is 0 Å². The zero-order chi connectivity index (χ0) is 13.3. The van der Waals surface area contributed by atoms with Crippen LogP contribution in [-0.2, 0) is 0 Å². The summed E-state index contributed by atoms with van der Waals surface area (Å²) in [5, 5.41) is 13.3. The molecule has 0 spiro atoms. The largest absolute Gasteiger partial charge is 0.394 e. The van der Waals surface area contributed by atoms with Gasteiger partial charge in [-0.3, -0.25) is 4.90 Å². The number of rotatable bonds is 8. The lowest BCUT2D eigenvalue weighted by Crippen LogP contribution is -2.48. The van der Waals surface area contributed by atoms with E-state index in [1.54, 1.807) is 0 Å². The van der Waals surface area contributed by atoms with Crippen molar-refractivity contribution in [2.45, 2.75) is 63.5 Å². The molecule has 2 atom stereocenters. The molecule has 0 aromatic rings. The van der Waals surface area contributed by atoms with Crippen LogP contribution in [0.4, 0.5) is 0 Å². The lowest BCUT2D eigenvalue weighted by Gasteiger charge is -2.32. The molecule has 3 heteroatoms. The fourth-order valence-electron chi connectivity index (χ4n) is 3.78. The highest BCUT2D eigenvalue weighted by Crippen LogP contribution is 2.39. The second-order valence-corrected chi connectivity index (χ2v) is 7.21. The van der Waals surface area contributed by atoms with Gasteiger partial charge in [0.2, 0.25) is 0 Å². The molecule has 3 aliphatic carbocycles. The molecule has 0 aromatic carbocycles. The van der Waals surface area contributed by atoms with E-state index >= 15 is 0 Å². The van der Waals surface area contributed by atoms with Crippen molar-refractivity contribution in [2.75, 3.05) is 26.2 Å². The molecule has 3 aliphatic rings. The number of aliphatic hydroxyl groups is 1. The van der Waals surface area contributed by atoms with Crippen molar-refractivity contribution < 1.29 is 5.11 Å². The predicted molar refractivity (Wildman–Crippen MR) is 78.2 cm³/mol. The fraction of sp³-hybridized carbons (Fsp3) is 1.00. The van der Waals surface area contributed by atoms with Gasteiger partial charge < -0.3 is 10.4 Å². The van der Waals surface area contributed by atoms with Crippen LogP contribution in [0.5, 0.6) is 0 Å². The molecule has 0 aromatic heterocycles. The second-order valence-electron chi connectivity index (χ2n) is 7.21. The summed E-state index contributed by atoms with van der Waals surface area (Å²) < 4.78 is 0. The van der Waals surface area contributed by atoms with Crippen LogP contribution in [0, 0.1) is 11.8 Å². The number of hydrogen-bond donors (Lipinski definition) is 2. The van der Waals surface area contributed by atoms with E-state index in [1.807, 2.05) is 0 Å². The van der Waals surface area contributed by atoms with Crippen molar-refractivity contribution in [3.8, 4) is 0 Å². The minimum atomic E-state index is 0.0186. The Bertz CT molecular complexity index is 287. The molecular formula is C16H30N2O. The van der Waals surface area contributed by atoms with E-state index < -0.39 is 0 Å². The van der Waals surface area contributed by atoms with Gasteiger partial charge in [-0.2, -0.15) is 0 Å². The standard InChI is InChI=1S/C16H30N2O/c1-2-17-16(12-19)8-7-15(9-16)18(10-13-3-4-13)11-14-5-6-14/h13-15,17,19H,2-12H2,1H3. The lowest BCUT2D eigenvalue weighted by atomic mass is 9.98. The third kappa shape index (κ3) is 3.50. The summed E-state index contributed by atoms with van der Waals surface area (Å²) in [5.74, 6) is 1.98. The summed E-state index contributed by atoms with van der Waals surface area (Å²) in [6.45, 7) is 6.08. The molecule has 2 N–H and O–H groups in total. The van der Waals surface area contributed by atoms with Crippen LogP contribution >= 0.6 is 0 Å². The van der Waals surface area contributed by atoms with Crippen LogP contribution in [0.25, 0.3) is 0 Å². The number of aliphatic hydroxyl groups excluding tert-OH is 1. The van der Waals surface area contributed by atoms with E-state index in [9.17, 15) is 5.11 Å². The minimum absolute atomic E-state index is 0.0186. The highest BCUT2D eigenvalue weighted by molar-refractivity contribution is 5.00. The second kappa shape index (κ2) is 5.71. The van der Waals surface area contributed by atoms with E-state index in [4.69, 9.17) is 0 Å². The zero-order valence-corrected chi connectivity index (χ0v) is 12.4. The summed E-state index contributed by atoms with van der Waals surface area (Å²) in [4.78, 5) is 2.78. The lowest BCUT2D eigenvalue weighted by molar-refractivity contribution is 0.138. The van der Waals surface area contributed by atoms with Gasteiger partial charge in [0.15, 0.2) is 0 Å². The van der Waals surface area contributed by atoms with Crippen LogP contribution in [-0.4, -0.2) is 47.8 Å². The fourth-order valence-corrected chi connectivity index (χ4v) is 3.78. The molecule has 0 heterocycles. The quantitative estimate of drug-likeness (QED) is 0.705. The van der Waals surface area contributed by atoms with E-state index in [2.05, 4.69) is 17.1 Å². The number of nitrogens with one attached hydrogen (secondary N) is 1. The molecule has 0 aliphatic heterocycles. The highest BCUT2D eigenvalue weighted by Gasteiger charge is 2.42. The van der Waals surface area contributed by atoms with Crippen LogP contribution in [0.3, 0.4) is 0 Å². The van der Waals surface area contributed by atoms with Crippen molar-refractivity contribution in [3.63, 3.8) is 0 Å².